The summed E-state index contributed by atoms with van der Waals surface area (Å²) in [7, 11) is 0. The fourth-order valence-electron chi connectivity index (χ4n) is 1.81. The maximum Gasteiger partial charge on any atom is 0.123 e. The molecule has 0 amide bonds. The van der Waals surface area contributed by atoms with Crippen LogP contribution in [0, 0.1) is 5.82 Å². The van der Waals surface area contributed by atoms with Gasteiger partial charge in [-0.25, -0.2) is 4.39 Å². The Morgan fingerprint density at radius 1 is 0.824 bits per heavy atom. The van der Waals surface area contributed by atoms with Gasteiger partial charge in [-0.3, -0.25) is 0 Å². The summed E-state index contributed by atoms with van der Waals surface area (Å²) < 4.78 is 12.9. The molecule has 0 spiro atoms. The molecule has 17 heavy (non-hydrogen) atoms. The van der Waals surface area contributed by atoms with Crippen molar-refractivity contribution in [3.05, 3.63) is 59.9 Å². The third-order valence-electron chi connectivity index (χ3n) is 2.91. The Kier molecular flexibility index (Phi) is 3.01. The molecule has 0 heterocycles. The average Bonchev–Trinajstić information content (AvgIpc) is 2.29. The topological polar surface area (TPSA) is 0 Å². The molecule has 0 N–H and O–H groups in total. The minimum atomic E-state index is -0.194. The summed E-state index contributed by atoms with van der Waals surface area (Å²) in [6.07, 6.45) is 0. The summed E-state index contributed by atoms with van der Waals surface area (Å²) >= 11 is 0. The van der Waals surface area contributed by atoms with Gasteiger partial charge in [-0.05, 0) is 34.2 Å². The van der Waals surface area contributed by atoms with Crippen LogP contribution in [-0.2, 0) is 5.41 Å². The van der Waals surface area contributed by atoms with E-state index < -0.39 is 0 Å². The Bertz CT molecular complexity index is 504. The van der Waals surface area contributed by atoms with E-state index in [9.17, 15) is 4.39 Å². The molecule has 2 rings (SSSR count). The highest BCUT2D eigenvalue weighted by Gasteiger charge is 2.13. The van der Waals surface area contributed by atoms with Crippen LogP contribution in [0.5, 0.6) is 0 Å². The van der Waals surface area contributed by atoms with Crippen LogP contribution in [0.4, 0.5) is 4.39 Å². The van der Waals surface area contributed by atoms with Gasteiger partial charge in [0.05, 0.1) is 0 Å². The van der Waals surface area contributed by atoms with Crippen molar-refractivity contribution in [2.45, 2.75) is 26.2 Å². The number of benzene rings is 2. The number of hydrogen-bond acceptors (Lipinski definition) is 0. The molecular formula is C16H17F. The third kappa shape index (κ3) is 2.73. The smallest absolute Gasteiger partial charge is 0.123 e. The van der Waals surface area contributed by atoms with E-state index in [1.54, 1.807) is 0 Å². The molecule has 0 aliphatic carbocycles. The summed E-state index contributed by atoms with van der Waals surface area (Å²) in [5.74, 6) is -0.194. The maximum atomic E-state index is 12.9. The van der Waals surface area contributed by atoms with Crippen LogP contribution in [0.1, 0.15) is 26.3 Å². The number of hydrogen-bond donors (Lipinski definition) is 0. The molecule has 0 radical (unpaired) electrons. The van der Waals surface area contributed by atoms with Crippen molar-refractivity contribution in [3.8, 4) is 11.1 Å². The molecular weight excluding hydrogens is 211 g/mol. The Morgan fingerprint density at radius 3 is 2.06 bits per heavy atom. The maximum absolute atomic E-state index is 12.9. The Morgan fingerprint density at radius 2 is 1.47 bits per heavy atom. The molecule has 0 nitrogen and oxygen atoms in total. The van der Waals surface area contributed by atoms with Gasteiger partial charge in [0, 0.05) is 0 Å². The number of halogens is 1. The van der Waals surface area contributed by atoms with Crippen molar-refractivity contribution in [3.63, 3.8) is 0 Å². The Balaban J connectivity index is 2.43. The van der Waals surface area contributed by atoms with E-state index in [2.05, 4.69) is 45.0 Å². The fourth-order valence-corrected chi connectivity index (χ4v) is 1.81. The minimum absolute atomic E-state index is 0.135. The van der Waals surface area contributed by atoms with Gasteiger partial charge in [-0.15, -0.1) is 0 Å². The lowest BCUT2D eigenvalue weighted by Crippen LogP contribution is -2.10. The van der Waals surface area contributed by atoms with Crippen LogP contribution in [0.2, 0.25) is 0 Å². The van der Waals surface area contributed by atoms with Gasteiger partial charge in [-0.1, -0.05) is 57.2 Å². The molecule has 0 saturated carbocycles. The van der Waals surface area contributed by atoms with E-state index >= 15 is 0 Å². The summed E-state index contributed by atoms with van der Waals surface area (Å²) in [4.78, 5) is 0. The predicted octanol–water partition coefficient (Wildman–Crippen LogP) is 4.79. The second-order valence-corrected chi connectivity index (χ2v) is 5.34. The lowest BCUT2D eigenvalue weighted by atomic mass is 9.85. The van der Waals surface area contributed by atoms with Gasteiger partial charge >= 0.3 is 0 Å². The molecule has 0 fully saturated rings. The van der Waals surface area contributed by atoms with Gasteiger partial charge in [0.15, 0.2) is 0 Å². The predicted molar refractivity (Wildman–Crippen MR) is 70.5 cm³/mol. The fraction of sp³-hybridized carbons (Fsp3) is 0.250. The molecule has 88 valence electrons. The standard InChI is InChI=1S/C16H17F/c1-16(2,3)14-6-4-5-13(11-14)12-7-9-15(17)10-8-12/h4-11H,1-3H3. The van der Waals surface area contributed by atoms with Crippen LogP contribution < -0.4 is 0 Å². The monoisotopic (exact) mass is 228 g/mol. The quantitative estimate of drug-likeness (QED) is 0.658. The normalized spacial score (nSPS) is 11.5. The van der Waals surface area contributed by atoms with Crippen LogP contribution >= 0.6 is 0 Å². The lowest BCUT2D eigenvalue weighted by molar-refractivity contribution is 0.590. The van der Waals surface area contributed by atoms with Gasteiger partial charge in [0.1, 0.15) is 5.82 Å². The minimum Gasteiger partial charge on any atom is -0.207 e. The molecule has 2 aromatic carbocycles. The van der Waals surface area contributed by atoms with Crippen molar-refractivity contribution in [2.24, 2.45) is 0 Å². The van der Waals surface area contributed by atoms with Crippen LogP contribution in [0.25, 0.3) is 11.1 Å². The van der Waals surface area contributed by atoms with Crippen molar-refractivity contribution in [2.75, 3.05) is 0 Å². The Hall–Kier alpha value is -1.63. The van der Waals surface area contributed by atoms with Crippen LogP contribution in [-0.4, -0.2) is 0 Å². The van der Waals surface area contributed by atoms with E-state index in [4.69, 9.17) is 0 Å². The highest BCUT2D eigenvalue weighted by molar-refractivity contribution is 5.64. The first-order valence-electron chi connectivity index (χ1n) is 5.83. The average molecular weight is 228 g/mol. The van der Waals surface area contributed by atoms with Crippen molar-refractivity contribution in [1.29, 1.82) is 0 Å². The molecule has 0 atom stereocenters. The van der Waals surface area contributed by atoms with E-state index in [0.717, 1.165) is 11.1 Å². The summed E-state index contributed by atoms with van der Waals surface area (Å²) in [6, 6.07) is 15.1. The molecule has 0 aliphatic rings. The van der Waals surface area contributed by atoms with Crippen LogP contribution in [0.3, 0.4) is 0 Å². The first-order chi connectivity index (χ1) is 7.97. The molecule has 0 bridgehead atoms. The second kappa shape index (κ2) is 4.33. The van der Waals surface area contributed by atoms with Gasteiger partial charge < -0.3 is 0 Å². The molecule has 0 aromatic heterocycles. The molecule has 2 aromatic rings. The molecule has 0 saturated heterocycles. The largest absolute Gasteiger partial charge is 0.207 e. The first kappa shape index (κ1) is 11.8. The molecule has 1 heteroatoms. The highest BCUT2D eigenvalue weighted by Crippen LogP contribution is 2.27. The Labute approximate surface area is 102 Å². The SMILES string of the molecule is CC(C)(C)c1cccc(-c2ccc(F)cc2)c1. The summed E-state index contributed by atoms with van der Waals surface area (Å²) in [6.45, 7) is 6.57. The summed E-state index contributed by atoms with van der Waals surface area (Å²) in [5.41, 5.74) is 3.62. The van der Waals surface area contributed by atoms with E-state index in [1.807, 2.05) is 12.1 Å². The molecule has 0 aliphatic heterocycles. The first-order valence-corrected chi connectivity index (χ1v) is 5.83. The lowest BCUT2D eigenvalue weighted by Gasteiger charge is -2.19. The van der Waals surface area contributed by atoms with E-state index in [-0.39, 0.29) is 11.2 Å². The summed E-state index contributed by atoms with van der Waals surface area (Å²) in [5, 5.41) is 0. The number of rotatable bonds is 1. The second-order valence-electron chi connectivity index (χ2n) is 5.34. The third-order valence-corrected chi connectivity index (χ3v) is 2.91. The van der Waals surface area contributed by atoms with Crippen LogP contribution in [0.15, 0.2) is 48.5 Å². The van der Waals surface area contributed by atoms with E-state index in [1.165, 1.54) is 17.7 Å². The zero-order chi connectivity index (χ0) is 12.5. The van der Waals surface area contributed by atoms with Crippen molar-refractivity contribution < 1.29 is 4.39 Å². The zero-order valence-corrected chi connectivity index (χ0v) is 10.5. The van der Waals surface area contributed by atoms with E-state index in [0.29, 0.717) is 0 Å². The van der Waals surface area contributed by atoms with Gasteiger partial charge in [0.25, 0.3) is 0 Å². The highest BCUT2D eigenvalue weighted by atomic mass is 19.1. The molecule has 0 unspecified atom stereocenters. The van der Waals surface area contributed by atoms with Crippen molar-refractivity contribution >= 4 is 0 Å². The van der Waals surface area contributed by atoms with Gasteiger partial charge in [0.2, 0.25) is 0 Å². The zero-order valence-electron chi connectivity index (χ0n) is 10.5. The van der Waals surface area contributed by atoms with Crippen molar-refractivity contribution in [1.82, 2.24) is 0 Å². The van der Waals surface area contributed by atoms with Gasteiger partial charge in [-0.2, -0.15) is 0 Å².